The Labute approximate surface area is 98.7 Å². The molecule has 2 aromatic rings. The molecule has 0 bridgehead atoms. The number of phenols is 1. The van der Waals surface area contributed by atoms with Crippen LogP contribution >= 0.6 is 0 Å². The highest BCUT2D eigenvalue weighted by atomic mass is 16.3. The zero-order valence-electron chi connectivity index (χ0n) is 9.05. The van der Waals surface area contributed by atoms with Crippen LogP contribution in [0.2, 0.25) is 0 Å². The molecule has 1 atom stereocenters. The van der Waals surface area contributed by atoms with Gasteiger partial charge in [0.05, 0.1) is 6.04 Å². The van der Waals surface area contributed by atoms with E-state index in [9.17, 15) is 9.90 Å². The summed E-state index contributed by atoms with van der Waals surface area (Å²) in [5.74, 6) is 0.0926. The van der Waals surface area contributed by atoms with Crippen LogP contribution in [0.5, 0.6) is 5.75 Å². The summed E-state index contributed by atoms with van der Waals surface area (Å²) in [6.07, 6.45) is 0. The maximum absolute atomic E-state index is 11.8. The van der Waals surface area contributed by atoms with Gasteiger partial charge in [0.25, 0.3) is 5.91 Å². The molecule has 1 heterocycles. The highest BCUT2D eigenvalue weighted by Gasteiger charge is 2.29. The third kappa shape index (κ3) is 1.56. The van der Waals surface area contributed by atoms with E-state index in [0.29, 0.717) is 5.56 Å². The van der Waals surface area contributed by atoms with E-state index in [-0.39, 0.29) is 17.7 Å². The minimum atomic E-state index is -0.161. The van der Waals surface area contributed by atoms with Gasteiger partial charge in [0, 0.05) is 5.56 Å². The predicted molar refractivity (Wildman–Crippen MR) is 63.9 cm³/mol. The Hall–Kier alpha value is -2.29. The van der Waals surface area contributed by atoms with Crippen molar-refractivity contribution in [2.24, 2.45) is 0 Å². The summed E-state index contributed by atoms with van der Waals surface area (Å²) in [5.41, 5.74) is 2.49. The second-order valence-electron chi connectivity index (χ2n) is 4.09. The van der Waals surface area contributed by atoms with Gasteiger partial charge in [-0.25, -0.2) is 0 Å². The van der Waals surface area contributed by atoms with Crippen molar-refractivity contribution in [2.45, 2.75) is 6.04 Å². The largest absolute Gasteiger partial charge is 0.508 e. The van der Waals surface area contributed by atoms with E-state index in [2.05, 4.69) is 5.32 Å². The molecule has 17 heavy (non-hydrogen) atoms. The molecule has 0 saturated heterocycles. The first kappa shape index (κ1) is 9.90. The topological polar surface area (TPSA) is 49.3 Å². The predicted octanol–water partition coefficient (Wildman–Crippen LogP) is 2.23. The summed E-state index contributed by atoms with van der Waals surface area (Å²) in [6.45, 7) is 0. The number of aromatic hydroxyl groups is 1. The van der Waals surface area contributed by atoms with Crippen molar-refractivity contribution in [1.29, 1.82) is 0 Å². The Morgan fingerprint density at radius 3 is 2.59 bits per heavy atom. The molecule has 0 aromatic heterocycles. The SMILES string of the molecule is O=C1NC(c2ccccc2)c2cc(O)ccc21. The minimum Gasteiger partial charge on any atom is -0.508 e. The fourth-order valence-corrected chi connectivity index (χ4v) is 2.19. The highest BCUT2D eigenvalue weighted by molar-refractivity contribution is 5.99. The smallest absolute Gasteiger partial charge is 0.252 e. The van der Waals surface area contributed by atoms with Gasteiger partial charge in [0.15, 0.2) is 0 Å². The quantitative estimate of drug-likeness (QED) is 0.781. The van der Waals surface area contributed by atoms with Crippen molar-refractivity contribution in [2.75, 3.05) is 0 Å². The van der Waals surface area contributed by atoms with Crippen LogP contribution in [-0.4, -0.2) is 11.0 Å². The van der Waals surface area contributed by atoms with Crippen LogP contribution in [0.4, 0.5) is 0 Å². The highest BCUT2D eigenvalue weighted by Crippen LogP contribution is 2.32. The van der Waals surface area contributed by atoms with Crippen molar-refractivity contribution in [1.82, 2.24) is 5.32 Å². The lowest BCUT2D eigenvalue weighted by Crippen LogP contribution is -2.19. The Balaban J connectivity index is 2.13. The molecule has 1 unspecified atom stereocenters. The van der Waals surface area contributed by atoms with E-state index in [1.54, 1.807) is 12.1 Å². The van der Waals surface area contributed by atoms with Crippen molar-refractivity contribution < 1.29 is 9.90 Å². The Bertz CT molecular complexity index is 578. The maximum Gasteiger partial charge on any atom is 0.252 e. The van der Waals surface area contributed by atoms with E-state index >= 15 is 0 Å². The number of carbonyl (C=O) groups is 1. The molecule has 1 aliphatic heterocycles. The van der Waals surface area contributed by atoms with Crippen molar-refractivity contribution in [3.8, 4) is 5.75 Å². The lowest BCUT2D eigenvalue weighted by molar-refractivity contribution is 0.0960. The van der Waals surface area contributed by atoms with Gasteiger partial charge in [-0.2, -0.15) is 0 Å². The van der Waals surface area contributed by atoms with Gasteiger partial charge in [0.2, 0.25) is 0 Å². The van der Waals surface area contributed by atoms with Gasteiger partial charge >= 0.3 is 0 Å². The second kappa shape index (κ2) is 3.63. The first-order valence-electron chi connectivity index (χ1n) is 5.44. The van der Waals surface area contributed by atoms with Crippen molar-refractivity contribution >= 4 is 5.91 Å². The molecule has 1 aliphatic rings. The molecule has 1 amide bonds. The lowest BCUT2D eigenvalue weighted by Gasteiger charge is -2.11. The maximum atomic E-state index is 11.8. The third-order valence-corrected chi connectivity index (χ3v) is 3.00. The normalized spacial score (nSPS) is 17.6. The molecular formula is C14H11NO2. The van der Waals surface area contributed by atoms with E-state index < -0.39 is 0 Å². The molecule has 0 spiro atoms. The fraction of sp³-hybridized carbons (Fsp3) is 0.0714. The molecule has 2 N–H and O–H groups in total. The fourth-order valence-electron chi connectivity index (χ4n) is 2.19. The number of hydrogen-bond acceptors (Lipinski definition) is 2. The van der Waals surface area contributed by atoms with Crippen LogP contribution in [0.1, 0.15) is 27.5 Å². The first-order chi connectivity index (χ1) is 8.25. The van der Waals surface area contributed by atoms with E-state index in [4.69, 9.17) is 0 Å². The number of benzene rings is 2. The van der Waals surface area contributed by atoms with Gasteiger partial charge < -0.3 is 10.4 Å². The molecule has 0 aliphatic carbocycles. The van der Waals surface area contributed by atoms with Crippen molar-refractivity contribution in [3.05, 3.63) is 65.2 Å². The number of nitrogens with one attached hydrogen (secondary N) is 1. The van der Waals surface area contributed by atoms with Gasteiger partial charge in [-0.05, 0) is 29.3 Å². The van der Waals surface area contributed by atoms with E-state index in [1.807, 2.05) is 30.3 Å². The van der Waals surface area contributed by atoms with Gasteiger partial charge in [-0.15, -0.1) is 0 Å². The molecule has 0 radical (unpaired) electrons. The summed E-state index contributed by atoms with van der Waals surface area (Å²) < 4.78 is 0. The van der Waals surface area contributed by atoms with Crippen LogP contribution in [0.25, 0.3) is 0 Å². The average molecular weight is 225 g/mol. The lowest BCUT2D eigenvalue weighted by atomic mass is 9.98. The summed E-state index contributed by atoms with van der Waals surface area (Å²) in [5, 5.41) is 12.4. The van der Waals surface area contributed by atoms with Crippen LogP contribution in [-0.2, 0) is 0 Å². The summed E-state index contributed by atoms with van der Waals surface area (Å²) in [6, 6.07) is 14.4. The summed E-state index contributed by atoms with van der Waals surface area (Å²) in [4.78, 5) is 11.8. The van der Waals surface area contributed by atoms with Crippen LogP contribution in [0.15, 0.2) is 48.5 Å². The molecule has 3 rings (SSSR count). The third-order valence-electron chi connectivity index (χ3n) is 3.00. The number of carbonyl (C=O) groups excluding carboxylic acids is 1. The van der Waals surface area contributed by atoms with Crippen LogP contribution in [0, 0.1) is 0 Å². The zero-order chi connectivity index (χ0) is 11.8. The van der Waals surface area contributed by atoms with Gasteiger partial charge in [0.1, 0.15) is 5.75 Å². The molecule has 2 aromatic carbocycles. The number of fused-ring (bicyclic) bond motifs is 1. The van der Waals surface area contributed by atoms with E-state index in [1.165, 1.54) is 6.07 Å². The number of phenolic OH excluding ortho intramolecular Hbond substituents is 1. The van der Waals surface area contributed by atoms with Gasteiger partial charge in [-0.1, -0.05) is 30.3 Å². The van der Waals surface area contributed by atoms with Crippen LogP contribution in [0.3, 0.4) is 0 Å². The standard InChI is InChI=1S/C14H11NO2/c16-10-6-7-11-12(8-10)13(15-14(11)17)9-4-2-1-3-5-9/h1-8,13,16H,(H,15,17). The molecule has 3 nitrogen and oxygen atoms in total. The first-order valence-corrected chi connectivity index (χ1v) is 5.44. The van der Waals surface area contributed by atoms with Crippen LogP contribution < -0.4 is 5.32 Å². The van der Waals surface area contributed by atoms with E-state index in [0.717, 1.165) is 11.1 Å². The second-order valence-corrected chi connectivity index (χ2v) is 4.09. The van der Waals surface area contributed by atoms with Crippen molar-refractivity contribution in [3.63, 3.8) is 0 Å². The monoisotopic (exact) mass is 225 g/mol. The zero-order valence-corrected chi connectivity index (χ0v) is 9.05. The molecule has 0 saturated carbocycles. The number of hydrogen-bond donors (Lipinski definition) is 2. The number of amides is 1. The number of rotatable bonds is 1. The Morgan fingerprint density at radius 2 is 1.82 bits per heavy atom. The minimum absolute atomic E-state index is 0.0890. The Morgan fingerprint density at radius 1 is 1.06 bits per heavy atom. The molecule has 3 heteroatoms. The molecule has 0 fully saturated rings. The summed E-state index contributed by atoms with van der Waals surface area (Å²) in [7, 11) is 0. The molecular weight excluding hydrogens is 214 g/mol. The van der Waals surface area contributed by atoms with Gasteiger partial charge in [-0.3, -0.25) is 4.79 Å². The average Bonchev–Trinajstić information content (AvgIpc) is 2.67. The summed E-state index contributed by atoms with van der Waals surface area (Å²) >= 11 is 0. The molecule has 84 valence electrons. The Kier molecular flexibility index (Phi) is 2.11.